The van der Waals surface area contributed by atoms with Gasteiger partial charge < -0.3 is 0 Å². The van der Waals surface area contributed by atoms with Gasteiger partial charge in [0.05, 0.1) is 0 Å². The van der Waals surface area contributed by atoms with Crippen LogP contribution in [0.3, 0.4) is 0 Å². The predicted molar refractivity (Wildman–Crippen MR) is 64.4 cm³/mol. The molecule has 1 rings (SSSR count). The Bertz CT molecular complexity index is 157. The standard InChI is InChI=1S/C14H28/c1-13(2,3)11-8-7-9-12(10-11)14(4,5)6/h11-12H,7-10H2,1-6H3/t11-,12-/m0/s1. The van der Waals surface area contributed by atoms with Gasteiger partial charge in [-0.15, -0.1) is 0 Å². The van der Waals surface area contributed by atoms with Crippen LogP contribution in [0.5, 0.6) is 0 Å². The third-order valence-corrected chi connectivity index (χ3v) is 4.12. The molecule has 0 spiro atoms. The molecule has 0 nitrogen and oxygen atoms in total. The molecule has 84 valence electrons. The molecule has 0 aliphatic heterocycles. The Morgan fingerprint density at radius 1 is 0.714 bits per heavy atom. The Morgan fingerprint density at radius 3 is 1.36 bits per heavy atom. The fraction of sp³-hybridized carbons (Fsp3) is 1.00. The minimum atomic E-state index is 0.518. The molecule has 1 aliphatic carbocycles. The Morgan fingerprint density at radius 2 is 1.07 bits per heavy atom. The van der Waals surface area contributed by atoms with Gasteiger partial charge in [-0.3, -0.25) is 0 Å². The zero-order chi connectivity index (χ0) is 11.0. The summed E-state index contributed by atoms with van der Waals surface area (Å²) >= 11 is 0. The first-order chi connectivity index (χ1) is 6.21. The molecule has 0 heteroatoms. The summed E-state index contributed by atoms with van der Waals surface area (Å²) in [5.41, 5.74) is 1.04. The first kappa shape index (κ1) is 12.1. The van der Waals surface area contributed by atoms with Crippen molar-refractivity contribution < 1.29 is 0 Å². The minimum Gasteiger partial charge on any atom is -0.0599 e. The van der Waals surface area contributed by atoms with E-state index in [0.717, 1.165) is 11.8 Å². The highest BCUT2D eigenvalue weighted by Gasteiger charge is 2.35. The molecule has 0 heterocycles. The summed E-state index contributed by atoms with van der Waals surface area (Å²) in [5, 5.41) is 0. The maximum Gasteiger partial charge on any atom is -0.0354 e. The van der Waals surface area contributed by atoms with E-state index in [9.17, 15) is 0 Å². The molecule has 2 atom stereocenters. The molecule has 0 radical (unpaired) electrons. The molecule has 1 fully saturated rings. The van der Waals surface area contributed by atoms with Crippen molar-refractivity contribution in [3.8, 4) is 0 Å². The molecule has 0 aromatic heterocycles. The molecular formula is C14H28. The summed E-state index contributed by atoms with van der Waals surface area (Å²) in [6, 6.07) is 0. The van der Waals surface area contributed by atoms with Crippen molar-refractivity contribution in [2.75, 3.05) is 0 Å². The monoisotopic (exact) mass is 196 g/mol. The van der Waals surface area contributed by atoms with Gasteiger partial charge in [0.2, 0.25) is 0 Å². The summed E-state index contributed by atoms with van der Waals surface area (Å²) in [7, 11) is 0. The van der Waals surface area contributed by atoms with Gasteiger partial charge in [0, 0.05) is 0 Å². The Labute approximate surface area is 90.5 Å². The Kier molecular flexibility index (Phi) is 3.33. The van der Waals surface area contributed by atoms with E-state index in [0.29, 0.717) is 10.8 Å². The summed E-state index contributed by atoms with van der Waals surface area (Å²) in [6.45, 7) is 14.4. The van der Waals surface area contributed by atoms with Gasteiger partial charge >= 0.3 is 0 Å². The van der Waals surface area contributed by atoms with Gasteiger partial charge in [-0.25, -0.2) is 0 Å². The smallest absolute Gasteiger partial charge is 0.0354 e. The van der Waals surface area contributed by atoms with Crippen LogP contribution in [0.2, 0.25) is 0 Å². The van der Waals surface area contributed by atoms with E-state index in [1.807, 2.05) is 0 Å². The zero-order valence-corrected chi connectivity index (χ0v) is 11.0. The highest BCUT2D eigenvalue weighted by atomic mass is 14.4. The lowest BCUT2D eigenvalue weighted by atomic mass is 9.63. The number of rotatable bonds is 0. The normalized spacial score (nSPS) is 30.4. The third kappa shape index (κ3) is 3.00. The highest BCUT2D eigenvalue weighted by molar-refractivity contribution is 4.85. The van der Waals surface area contributed by atoms with E-state index >= 15 is 0 Å². The van der Waals surface area contributed by atoms with Crippen molar-refractivity contribution in [2.24, 2.45) is 22.7 Å². The second-order valence-corrected chi connectivity index (χ2v) is 7.29. The lowest BCUT2D eigenvalue weighted by Crippen LogP contribution is -2.32. The average Bonchev–Trinajstić information content (AvgIpc) is 2.01. The Balaban J connectivity index is 2.61. The quantitative estimate of drug-likeness (QED) is 0.518. The SMILES string of the molecule is CC(C)(C)[C@H]1CCC[C@H](C(C)(C)C)C1. The van der Waals surface area contributed by atoms with Gasteiger partial charge in [-0.05, 0) is 41.9 Å². The van der Waals surface area contributed by atoms with E-state index in [-0.39, 0.29) is 0 Å². The van der Waals surface area contributed by atoms with Crippen molar-refractivity contribution in [3.05, 3.63) is 0 Å². The second kappa shape index (κ2) is 3.87. The molecule has 0 N–H and O–H groups in total. The topological polar surface area (TPSA) is 0 Å². The molecule has 0 unspecified atom stereocenters. The molecule has 0 aromatic carbocycles. The molecule has 0 saturated heterocycles. The lowest BCUT2D eigenvalue weighted by Gasteiger charge is -2.42. The fourth-order valence-corrected chi connectivity index (χ4v) is 2.76. The van der Waals surface area contributed by atoms with E-state index < -0.39 is 0 Å². The van der Waals surface area contributed by atoms with Crippen molar-refractivity contribution in [1.29, 1.82) is 0 Å². The van der Waals surface area contributed by atoms with E-state index in [4.69, 9.17) is 0 Å². The molecule has 1 aliphatic rings. The molecule has 0 aromatic rings. The molecule has 0 bridgehead atoms. The molecule has 1 saturated carbocycles. The van der Waals surface area contributed by atoms with Gasteiger partial charge in [-0.1, -0.05) is 48.0 Å². The summed E-state index contributed by atoms with van der Waals surface area (Å²) < 4.78 is 0. The zero-order valence-electron chi connectivity index (χ0n) is 11.0. The van der Waals surface area contributed by atoms with Gasteiger partial charge in [0.25, 0.3) is 0 Å². The average molecular weight is 196 g/mol. The van der Waals surface area contributed by atoms with Crippen LogP contribution >= 0.6 is 0 Å². The largest absolute Gasteiger partial charge is 0.0599 e. The fourth-order valence-electron chi connectivity index (χ4n) is 2.76. The maximum absolute atomic E-state index is 2.41. The summed E-state index contributed by atoms with van der Waals surface area (Å²) in [6.07, 6.45) is 5.81. The molecular weight excluding hydrogens is 168 g/mol. The van der Waals surface area contributed by atoms with Crippen molar-refractivity contribution >= 4 is 0 Å². The Hall–Kier alpha value is 0. The van der Waals surface area contributed by atoms with Gasteiger partial charge in [0.15, 0.2) is 0 Å². The van der Waals surface area contributed by atoms with Crippen molar-refractivity contribution in [2.45, 2.75) is 67.2 Å². The van der Waals surface area contributed by atoms with E-state index in [1.165, 1.54) is 25.7 Å². The molecule has 0 amide bonds. The first-order valence-corrected chi connectivity index (χ1v) is 6.21. The summed E-state index contributed by atoms with van der Waals surface area (Å²) in [4.78, 5) is 0. The van der Waals surface area contributed by atoms with Crippen LogP contribution in [0.15, 0.2) is 0 Å². The molecule has 14 heavy (non-hydrogen) atoms. The highest BCUT2D eigenvalue weighted by Crippen LogP contribution is 2.45. The summed E-state index contributed by atoms with van der Waals surface area (Å²) in [5.74, 6) is 1.89. The van der Waals surface area contributed by atoms with Crippen molar-refractivity contribution in [1.82, 2.24) is 0 Å². The number of hydrogen-bond donors (Lipinski definition) is 0. The third-order valence-electron chi connectivity index (χ3n) is 4.12. The van der Waals surface area contributed by atoms with E-state index in [1.54, 1.807) is 0 Å². The van der Waals surface area contributed by atoms with Crippen LogP contribution in [0.25, 0.3) is 0 Å². The lowest BCUT2D eigenvalue weighted by molar-refractivity contribution is 0.0830. The minimum absolute atomic E-state index is 0.518. The van der Waals surface area contributed by atoms with Gasteiger partial charge in [-0.2, -0.15) is 0 Å². The maximum atomic E-state index is 2.41. The number of hydrogen-bond acceptors (Lipinski definition) is 0. The van der Waals surface area contributed by atoms with Crippen LogP contribution < -0.4 is 0 Å². The van der Waals surface area contributed by atoms with Crippen LogP contribution in [0.4, 0.5) is 0 Å². The van der Waals surface area contributed by atoms with Crippen LogP contribution in [0.1, 0.15) is 67.2 Å². The van der Waals surface area contributed by atoms with Crippen LogP contribution in [-0.4, -0.2) is 0 Å². The van der Waals surface area contributed by atoms with Crippen LogP contribution in [0, 0.1) is 22.7 Å². The van der Waals surface area contributed by atoms with Crippen molar-refractivity contribution in [3.63, 3.8) is 0 Å². The van der Waals surface area contributed by atoms with Gasteiger partial charge in [0.1, 0.15) is 0 Å². The van der Waals surface area contributed by atoms with Crippen LogP contribution in [-0.2, 0) is 0 Å². The first-order valence-electron chi connectivity index (χ1n) is 6.21. The second-order valence-electron chi connectivity index (χ2n) is 7.29. The predicted octanol–water partition coefficient (Wildman–Crippen LogP) is 4.89. The van der Waals surface area contributed by atoms with E-state index in [2.05, 4.69) is 41.5 Å².